The van der Waals surface area contributed by atoms with Gasteiger partial charge in [0.1, 0.15) is 0 Å². The predicted molar refractivity (Wildman–Crippen MR) is 85.5 cm³/mol. The molecule has 4 heteroatoms. The van der Waals surface area contributed by atoms with Crippen LogP contribution in [-0.2, 0) is 9.53 Å². The Morgan fingerprint density at radius 2 is 2.00 bits per heavy atom. The lowest BCUT2D eigenvalue weighted by molar-refractivity contribution is -0.121. The molecule has 1 heterocycles. The number of benzene rings is 1. The maximum absolute atomic E-state index is 12.6. The van der Waals surface area contributed by atoms with Gasteiger partial charge in [0.15, 0.2) is 0 Å². The molecule has 1 amide bonds. The highest BCUT2D eigenvalue weighted by atomic mass is 16.5. The van der Waals surface area contributed by atoms with Crippen LogP contribution in [0.25, 0.3) is 0 Å². The minimum atomic E-state index is -0.443. The van der Waals surface area contributed by atoms with E-state index < -0.39 is 6.04 Å². The van der Waals surface area contributed by atoms with Crippen LogP contribution in [0.3, 0.4) is 0 Å². The van der Waals surface area contributed by atoms with Gasteiger partial charge in [0.2, 0.25) is 5.91 Å². The number of nitrogens with zero attached hydrogens (tertiary/aromatic N) is 1. The fourth-order valence-electron chi connectivity index (χ4n) is 2.72. The van der Waals surface area contributed by atoms with Crippen LogP contribution in [0.1, 0.15) is 38.2 Å². The third-order valence-electron chi connectivity index (χ3n) is 4.31. The largest absolute Gasteiger partial charge is 0.381 e. The lowest BCUT2D eigenvalue weighted by atomic mass is 9.91. The van der Waals surface area contributed by atoms with E-state index in [2.05, 4.69) is 26.0 Å². The van der Waals surface area contributed by atoms with Crippen molar-refractivity contribution in [3.63, 3.8) is 0 Å². The molecule has 1 aliphatic heterocycles. The maximum Gasteiger partial charge on any atom is 0.243 e. The molecule has 0 radical (unpaired) electrons. The van der Waals surface area contributed by atoms with Crippen LogP contribution in [0, 0.1) is 5.92 Å². The Labute approximate surface area is 127 Å². The van der Waals surface area contributed by atoms with E-state index in [0.717, 1.165) is 18.5 Å². The highest BCUT2D eigenvalue weighted by Crippen LogP contribution is 2.23. The molecule has 21 heavy (non-hydrogen) atoms. The quantitative estimate of drug-likeness (QED) is 0.927. The highest BCUT2D eigenvalue weighted by Gasteiger charge is 2.29. The van der Waals surface area contributed by atoms with Crippen molar-refractivity contribution in [1.82, 2.24) is 0 Å². The number of anilines is 1. The normalized spacial score (nSPS) is 17.8. The zero-order valence-electron chi connectivity index (χ0n) is 13.2. The van der Waals surface area contributed by atoms with Crippen molar-refractivity contribution >= 4 is 11.6 Å². The molecule has 1 aliphatic rings. The van der Waals surface area contributed by atoms with Gasteiger partial charge in [-0.25, -0.2) is 0 Å². The van der Waals surface area contributed by atoms with Crippen molar-refractivity contribution in [2.24, 2.45) is 11.7 Å². The van der Waals surface area contributed by atoms with Gasteiger partial charge in [-0.05, 0) is 42.4 Å². The Bertz CT molecular complexity index is 481. The van der Waals surface area contributed by atoms with Gasteiger partial charge in [-0.1, -0.05) is 26.0 Å². The molecular weight excluding hydrogens is 264 g/mol. The lowest BCUT2D eigenvalue weighted by Gasteiger charge is -2.30. The molecule has 1 unspecified atom stereocenters. The van der Waals surface area contributed by atoms with Crippen molar-refractivity contribution in [1.29, 1.82) is 0 Å². The third kappa shape index (κ3) is 3.83. The average Bonchev–Trinajstić information content (AvgIpc) is 2.53. The fraction of sp³-hybridized carbons (Fsp3) is 0.588. The molecule has 1 aromatic carbocycles. The molecule has 2 rings (SSSR count). The molecule has 1 aromatic rings. The summed E-state index contributed by atoms with van der Waals surface area (Å²) >= 11 is 0. The Kier molecular flexibility index (Phi) is 5.37. The standard InChI is InChI=1S/C17H26N2O2/c1-12(2)14-5-4-6-15(11-14)19(3)17(20)16(18)13-7-9-21-10-8-13/h4-6,11-13,16H,7-10,18H2,1-3H3. The molecule has 0 bridgehead atoms. The van der Waals surface area contributed by atoms with Crippen molar-refractivity contribution in [2.45, 2.75) is 38.6 Å². The van der Waals surface area contributed by atoms with Crippen molar-refractivity contribution in [3.8, 4) is 0 Å². The molecule has 1 fully saturated rings. The summed E-state index contributed by atoms with van der Waals surface area (Å²) < 4.78 is 5.34. The lowest BCUT2D eigenvalue weighted by Crippen LogP contribution is -2.47. The second-order valence-corrected chi connectivity index (χ2v) is 6.12. The molecule has 0 aliphatic carbocycles. The van der Waals surface area contributed by atoms with Crippen LogP contribution in [0.2, 0.25) is 0 Å². The number of likely N-dealkylation sites (N-methyl/N-ethyl adjacent to an activating group) is 1. The van der Waals surface area contributed by atoms with Gasteiger partial charge in [0, 0.05) is 25.9 Å². The van der Waals surface area contributed by atoms with Gasteiger partial charge in [0.25, 0.3) is 0 Å². The Hall–Kier alpha value is -1.39. The van der Waals surface area contributed by atoms with Crippen LogP contribution in [-0.4, -0.2) is 32.2 Å². The molecular formula is C17H26N2O2. The van der Waals surface area contributed by atoms with Gasteiger partial charge in [0.05, 0.1) is 6.04 Å². The maximum atomic E-state index is 12.6. The molecule has 0 aromatic heterocycles. The first kappa shape index (κ1) is 16.0. The van der Waals surface area contributed by atoms with Crippen molar-refractivity contribution in [3.05, 3.63) is 29.8 Å². The van der Waals surface area contributed by atoms with E-state index >= 15 is 0 Å². The summed E-state index contributed by atoms with van der Waals surface area (Å²) in [5.74, 6) is 0.655. The second-order valence-electron chi connectivity index (χ2n) is 6.12. The zero-order chi connectivity index (χ0) is 15.4. The third-order valence-corrected chi connectivity index (χ3v) is 4.31. The number of rotatable bonds is 4. The SMILES string of the molecule is CC(C)c1cccc(N(C)C(=O)C(N)C2CCOCC2)c1. The minimum Gasteiger partial charge on any atom is -0.381 e. The van der Waals surface area contributed by atoms with E-state index in [1.807, 2.05) is 12.1 Å². The number of amides is 1. The Balaban J connectivity index is 2.09. The summed E-state index contributed by atoms with van der Waals surface area (Å²) in [5.41, 5.74) is 8.32. The summed E-state index contributed by atoms with van der Waals surface area (Å²) in [5, 5.41) is 0. The minimum absolute atomic E-state index is 0.0113. The summed E-state index contributed by atoms with van der Waals surface area (Å²) in [4.78, 5) is 14.3. The molecule has 2 N–H and O–H groups in total. The zero-order valence-corrected chi connectivity index (χ0v) is 13.2. The predicted octanol–water partition coefficient (Wildman–Crippen LogP) is 2.53. The van der Waals surface area contributed by atoms with E-state index in [-0.39, 0.29) is 11.8 Å². The second kappa shape index (κ2) is 7.05. The fourth-order valence-corrected chi connectivity index (χ4v) is 2.72. The van der Waals surface area contributed by atoms with Gasteiger partial charge >= 0.3 is 0 Å². The van der Waals surface area contributed by atoms with Gasteiger partial charge in [-0.15, -0.1) is 0 Å². The van der Waals surface area contributed by atoms with Crippen molar-refractivity contribution < 1.29 is 9.53 Å². The molecule has 0 saturated carbocycles. The number of hydrogen-bond donors (Lipinski definition) is 1. The summed E-state index contributed by atoms with van der Waals surface area (Å²) in [6.07, 6.45) is 1.74. The van der Waals surface area contributed by atoms with E-state index in [4.69, 9.17) is 10.5 Å². The summed E-state index contributed by atoms with van der Waals surface area (Å²) in [6.45, 7) is 5.71. The first-order valence-corrected chi connectivity index (χ1v) is 7.71. The Morgan fingerprint density at radius 1 is 1.33 bits per heavy atom. The first-order valence-electron chi connectivity index (χ1n) is 7.71. The Morgan fingerprint density at radius 3 is 2.62 bits per heavy atom. The molecule has 116 valence electrons. The van der Waals surface area contributed by atoms with E-state index in [1.165, 1.54) is 5.56 Å². The topological polar surface area (TPSA) is 55.6 Å². The number of nitrogens with two attached hydrogens (primary N) is 1. The van der Waals surface area contributed by atoms with Crippen LogP contribution >= 0.6 is 0 Å². The molecule has 4 nitrogen and oxygen atoms in total. The average molecular weight is 290 g/mol. The summed E-state index contributed by atoms with van der Waals surface area (Å²) in [6, 6.07) is 7.67. The number of carbonyl (C=O) groups is 1. The molecule has 1 saturated heterocycles. The van der Waals surface area contributed by atoms with Gasteiger partial charge in [-0.2, -0.15) is 0 Å². The van der Waals surface area contributed by atoms with E-state index in [1.54, 1.807) is 11.9 Å². The smallest absolute Gasteiger partial charge is 0.243 e. The molecule has 0 spiro atoms. The number of ether oxygens (including phenoxy) is 1. The van der Waals surface area contributed by atoms with E-state index in [9.17, 15) is 4.79 Å². The van der Waals surface area contributed by atoms with Crippen LogP contribution in [0.4, 0.5) is 5.69 Å². The monoisotopic (exact) mass is 290 g/mol. The number of hydrogen-bond acceptors (Lipinski definition) is 3. The van der Waals surface area contributed by atoms with E-state index in [0.29, 0.717) is 19.1 Å². The van der Waals surface area contributed by atoms with Gasteiger partial charge in [-0.3, -0.25) is 4.79 Å². The number of carbonyl (C=O) groups excluding carboxylic acids is 1. The first-order chi connectivity index (χ1) is 10.0. The van der Waals surface area contributed by atoms with Crippen molar-refractivity contribution in [2.75, 3.05) is 25.2 Å². The van der Waals surface area contributed by atoms with Crippen LogP contribution in [0.15, 0.2) is 24.3 Å². The highest BCUT2D eigenvalue weighted by molar-refractivity contribution is 5.96. The van der Waals surface area contributed by atoms with Gasteiger partial charge < -0.3 is 15.4 Å². The van der Waals surface area contributed by atoms with Crippen LogP contribution < -0.4 is 10.6 Å². The molecule has 1 atom stereocenters. The summed E-state index contributed by atoms with van der Waals surface area (Å²) in [7, 11) is 1.81. The van der Waals surface area contributed by atoms with Crippen LogP contribution in [0.5, 0.6) is 0 Å².